The summed E-state index contributed by atoms with van der Waals surface area (Å²) in [5.74, 6) is 0.187. The number of aryl methyl sites for hydroxylation is 1. The normalized spacial score (nSPS) is 15.7. The van der Waals surface area contributed by atoms with Crippen LogP contribution >= 0.6 is 11.3 Å². The Kier molecular flexibility index (Phi) is 4.01. The summed E-state index contributed by atoms with van der Waals surface area (Å²) in [6.45, 7) is 1.96. The third-order valence-corrected chi connectivity index (χ3v) is 4.64. The molecule has 1 unspecified atom stereocenters. The highest BCUT2D eigenvalue weighted by Crippen LogP contribution is 2.41. The van der Waals surface area contributed by atoms with E-state index in [2.05, 4.69) is 10.3 Å². The summed E-state index contributed by atoms with van der Waals surface area (Å²) in [7, 11) is 0. The lowest BCUT2D eigenvalue weighted by molar-refractivity contribution is -0.121. The molecule has 0 aliphatic heterocycles. The summed E-state index contributed by atoms with van der Waals surface area (Å²) in [4.78, 5) is 16.7. The van der Waals surface area contributed by atoms with Gasteiger partial charge in [-0.05, 0) is 43.4 Å². The van der Waals surface area contributed by atoms with Crippen LogP contribution in [-0.4, -0.2) is 10.9 Å². The van der Waals surface area contributed by atoms with Gasteiger partial charge in [-0.25, -0.2) is 9.37 Å². The number of nitrogens with one attached hydrogen (secondary N) is 1. The zero-order chi connectivity index (χ0) is 14.8. The summed E-state index contributed by atoms with van der Waals surface area (Å²) in [5, 5.41) is 6.09. The minimum Gasteiger partial charge on any atom is -0.346 e. The molecule has 1 amide bonds. The van der Waals surface area contributed by atoms with Crippen molar-refractivity contribution in [2.24, 2.45) is 5.92 Å². The topological polar surface area (TPSA) is 42.0 Å². The number of rotatable bonds is 5. The second-order valence-corrected chi connectivity index (χ2v) is 6.40. The molecule has 1 saturated carbocycles. The van der Waals surface area contributed by atoms with Gasteiger partial charge in [0.25, 0.3) is 0 Å². The van der Waals surface area contributed by atoms with E-state index >= 15 is 0 Å². The van der Waals surface area contributed by atoms with Gasteiger partial charge in [0, 0.05) is 11.1 Å². The van der Waals surface area contributed by atoms with Crippen molar-refractivity contribution in [1.82, 2.24) is 10.3 Å². The van der Waals surface area contributed by atoms with Crippen LogP contribution in [0.2, 0.25) is 0 Å². The molecule has 1 heterocycles. The molecular formula is C16H17FN2OS. The maximum atomic E-state index is 12.9. The Bertz CT molecular complexity index is 634. The first-order chi connectivity index (χ1) is 10.1. The van der Waals surface area contributed by atoms with E-state index in [0.29, 0.717) is 5.92 Å². The number of nitrogens with zero attached hydrogens (tertiary/aromatic N) is 1. The Balaban J connectivity index is 1.65. The van der Waals surface area contributed by atoms with Crippen LogP contribution in [0.25, 0.3) is 0 Å². The third kappa shape index (κ3) is 3.67. The first-order valence-electron chi connectivity index (χ1n) is 7.07. The average Bonchev–Trinajstić information content (AvgIpc) is 3.21. The molecule has 1 aliphatic rings. The highest BCUT2D eigenvalue weighted by molar-refractivity contribution is 7.09. The van der Waals surface area contributed by atoms with Gasteiger partial charge in [0.2, 0.25) is 5.91 Å². The van der Waals surface area contributed by atoms with Crippen LogP contribution in [0.5, 0.6) is 0 Å². The number of hydrogen-bond donors (Lipinski definition) is 1. The first-order valence-corrected chi connectivity index (χ1v) is 7.95. The lowest BCUT2D eigenvalue weighted by Gasteiger charge is -2.16. The van der Waals surface area contributed by atoms with Crippen molar-refractivity contribution < 1.29 is 9.18 Å². The molecule has 1 N–H and O–H groups in total. The van der Waals surface area contributed by atoms with E-state index in [0.717, 1.165) is 29.1 Å². The SMILES string of the molecule is Cc1csc(C(NC(=O)Cc2ccc(F)cc2)C2CC2)n1. The van der Waals surface area contributed by atoms with E-state index < -0.39 is 0 Å². The van der Waals surface area contributed by atoms with Crippen molar-refractivity contribution >= 4 is 17.2 Å². The van der Waals surface area contributed by atoms with E-state index in [4.69, 9.17) is 0 Å². The molecule has 21 heavy (non-hydrogen) atoms. The largest absolute Gasteiger partial charge is 0.346 e. The maximum Gasteiger partial charge on any atom is 0.224 e. The summed E-state index contributed by atoms with van der Waals surface area (Å²) in [5.41, 5.74) is 1.81. The molecule has 0 radical (unpaired) electrons. The number of amides is 1. The molecule has 0 spiro atoms. The van der Waals surface area contributed by atoms with E-state index in [9.17, 15) is 9.18 Å². The quantitative estimate of drug-likeness (QED) is 0.920. The molecule has 5 heteroatoms. The molecule has 3 rings (SSSR count). The number of aromatic nitrogens is 1. The van der Waals surface area contributed by atoms with Crippen LogP contribution in [0, 0.1) is 18.7 Å². The van der Waals surface area contributed by atoms with Crippen LogP contribution in [0.3, 0.4) is 0 Å². The van der Waals surface area contributed by atoms with Gasteiger partial charge in [0.05, 0.1) is 12.5 Å². The zero-order valence-electron chi connectivity index (χ0n) is 11.8. The molecule has 1 aromatic carbocycles. The van der Waals surface area contributed by atoms with Gasteiger partial charge in [-0.15, -0.1) is 11.3 Å². The molecular weight excluding hydrogens is 287 g/mol. The van der Waals surface area contributed by atoms with Crippen LogP contribution < -0.4 is 5.32 Å². The Hall–Kier alpha value is -1.75. The van der Waals surface area contributed by atoms with E-state index in [1.165, 1.54) is 12.1 Å². The first kappa shape index (κ1) is 14.2. The molecule has 0 bridgehead atoms. The van der Waals surface area contributed by atoms with Gasteiger partial charge in [0.15, 0.2) is 0 Å². The van der Waals surface area contributed by atoms with Crippen molar-refractivity contribution in [3.8, 4) is 0 Å². The van der Waals surface area contributed by atoms with E-state index in [-0.39, 0.29) is 24.2 Å². The lowest BCUT2D eigenvalue weighted by atomic mass is 10.1. The van der Waals surface area contributed by atoms with Gasteiger partial charge >= 0.3 is 0 Å². The molecule has 0 saturated heterocycles. The monoisotopic (exact) mass is 304 g/mol. The second-order valence-electron chi connectivity index (χ2n) is 5.51. The van der Waals surface area contributed by atoms with Crippen molar-refractivity contribution in [2.75, 3.05) is 0 Å². The summed E-state index contributed by atoms with van der Waals surface area (Å²) in [6, 6.07) is 6.08. The molecule has 1 aromatic heterocycles. The Labute approximate surface area is 127 Å². The number of hydrogen-bond acceptors (Lipinski definition) is 3. The predicted octanol–water partition coefficient (Wildman–Crippen LogP) is 3.40. The number of carbonyl (C=O) groups excluding carboxylic acids is 1. The van der Waals surface area contributed by atoms with Gasteiger partial charge < -0.3 is 5.32 Å². The van der Waals surface area contributed by atoms with E-state index in [1.807, 2.05) is 12.3 Å². The van der Waals surface area contributed by atoms with Crippen molar-refractivity contribution in [3.05, 3.63) is 51.7 Å². The van der Waals surface area contributed by atoms with Crippen LogP contribution in [0.4, 0.5) is 4.39 Å². The summed E-state index contributed by atoms with van der Waals surface area (Å²) in [6.07, 6.45) is 2.55. The van der Waals surface area contributed by atoms with Gasteiger partial charge in [-0.1, -0.05) is 12.1 Å². The maximum absolute atomic E-state index is 12.9. The lowest BCUT2D eigenvalue weighted by Crippen LogP contribution is -2.31. The fraction of sp³-hybridized carbons (Fsp3) is 0.375. The van der Waals surface area contributed by atoms with Gasteiger partial charge in [-0.2, -0.15) is 0 Å². The van der Waals surface area contributed by atoms with Crippen molar-refractivity contribution in [1.29, 1.82) is 0 Å². The van der Waals surface area contributed by atoms with E-state index in [1.54, 1.807) is 23.5 Å². The second kappa shape index (κ2) is 5.93. The number of halogens is 1. The minimum absolute atomic E-state index is 0.0247. The molecule has 1 aliphatic carbocycles. The molecule has 1 atom stereocenters. The van der Waals surface area contributed by atoms with Gasteiger partial charge in [0.1, 0.15) is 10.8 Å². The standard InChI is InChI=1S/C16H17FN2OS/c1-10-9-21-16(18-10)15(12-4-5-12)19-14(20)8-11-2-6-13(17)7-3-11/h2-3,6-7,9,12,15H,4-5,8H2,1H3,(H,19,20). The van der Waals surface area contributed by atoms with Crippen LogP contribution in [-0.2, 0) is 11.2 Å². The van der Waals surface area contributed by atoms with Crippen LogP contribution in [0.15, 0.2) is 29.6 Å². The highest BCUT2D eigenvalue weighted by Gasteiger charge is 2.35. The number of thiazole rings is 1. The summed E-state index contributed by atoms with van der Waals surface area (Å²) >= 11 is 1.60. The van der Waals surface area contributed by atoms with Gasteiger partial charge in [-0.3, -0.25) is 4.79 Å². The number of benzene rings is 1. The molecule has 1 fully saturated rings. The third-order valence-electron chi connectivity index (χ3n) is 3.59. The molecule has 110 valence electrons. The predicted molar refractivity (Wildman–Crippen MR) is 80.6 cm³/mol. The van der Waals surface area contributed by atoms with Crippen molar-refractivity contribution in [2.45, 2.75) is 32.2 Å². The Morgan fingerprint density at radius 1 is 1.43 bits per heavy atom. The van der Waals surface area contributed by atoms with Crippen LogP contribution in [0.1, 0.15) is 35.1 Å². The Morgan fingerprint density at radius 2 is 2.14 bits per heavy atom. The average molecular weight is 304 g/mol. The fourth-order valence-corrected chi connectivity index (χ4v) is 3.28. The molecule has 2 aromatic rings. The summed E-state index contributed by atoms with van der Waals surface area (Å²) < 4.78 is 12.9. The van der Waals surface area contributed by atoms with Crippen molar-refractivity contribution in [3.63, 3.8) is 0 Å². The highest BCUT2D eigenvalue weighted by atomic mass is 32.1. The zero-order valence-corrected chi connectivity index (χ0v) is 12.6. The minimum atomic E-state index is -0.284. The Morgan fingerprint density at radius 3 is 2.71 bits per heavy atom. The number of carbonyl (C=O) groups is 1. The molecule has 3 nitrogen and oxygen atoms in total. The smallest absolute Gasteiger partial charge is 0.224 e. The fourth-order valence-electron chi connectivity index (χ4n) is 2.34.